The summed E-state index contributed by atoms with van der Waals surface area (Å²) in [6.07, 6.45) is 0. The van der Waals surface area contributed by atoms with Gasteiger partial charge >= 0.3 is 7.69 Å². The predicted octanol–water partition coefficient (Wildman–Crippen LogP) is 1.46. The lowest BCUT2D eigenvalue weighted by atomic mass is 10.2. The summed E-state index contributed by atoms with van der Waals surface area (Å²) in [5.41, 5.74) is 2.44. The number of benzene rings is 1. The quantitative estimate of drug-likeness (QED) is 0.601. The molecule has 0 aromatic heterocycles. The van der Waals surface area contributed by atoms with Gasteiger partial charge in [0, 0.05) is 5.02 Å². The second kappa shape index (κ2) is 6.06. The van der Waals surface area contributed by atoms with Gasteiger partial charge in [-0.05, 0) is 37.1 Å². The first kappa shape index (κ1) is 11.5. The van der Waals surface area contributed by atoms with E-state index in [-0.39, 0.29) is 7.69 Å². The number of rotatable bonds is 0. The molecule has 0 aliphatic rings. The second-order valence-corrected chi connectivity index (χ2v) is 2.86. The molecule has 0 saturated carbocycles. The smallest absolute Gasteiger partial charge is 0.429 e. The first-order valence-electron chi connectivity index (χ1n) is 3.44. The standard InChI is InChI=1S/C8H9Cl.BH2O2/c1-6-3-7(2)5-8(9)4-6;2-1-3/h3-5H,1-2H3;2-3H. The Hall–Kier alpha value is -0.505. The summed E-state index contributed by atoms with van der Waals surface area (Å²) < 4.78 is 0. The van der Waals surface area contributed by atoms with Crippen LogP contribution in [0.3, 0.4) is 0 Å². The van der Waals surface area contributed by atoms with Crippen LogP contribution in [0.2, 0.25) is 5.02 Å². The molecule has 12 heavy (non-hydrogen) atoms. The van der Waals surface area contributed by atoms with Crippen LogP contribution in [0.5, 0.6) is 0 Å². The van der Waals surface area contributed by atoms with Gasteiger partial charge in [-0.15, -0.1) is 0 Å². The Labute approximate surface area is 78.1 Å². The third-order valence-corrected chi connectivity index (χ3v) is 1.40. The van der Waals surface area contributed by atoms with Crippen LogP contribution in [-0.2, 0) is 0 Å². The first-order chi connectivity index (χ1) is 5.60. The minimum Gasteiger partial charge on any atom is -0.429 e. The molecule has 0 bridgehead atoms. The molecule has 0 aliphatic heterocycles. The number of halogens is 1. The zero-order chi connectivity index (χ0) is 9.56. The van der Waals surface area contributed by atoms with E-state index in [0.717, 1.165) is 5.02 Å². The van der Waals surface area contributed by atoms with Crippen LogP contribution in [-0.4, -0.2) is 17.7 Å². The minimum atomic E-state index is 0. The Morgan fingerprint density at radius 3 is 1.67 bits per heavy atom. The Bertz CT molecular complexity index is 190. The van der Waals surface area contributed by atoms with E-state index in [1.54, 1.807) is 0 Å². The summed E-state index contributed by atoms with van der Waals surface area (Å²) in [7, 11) is 0. The van der Waals surface area contributed by atoms with Crippen molar-refractivity contribution in [3.05, 3.63) is 34.3 Å². The molecule has 2 nitrogen and oxygen atoms in total. The van der Waals surface area contributed by atoms with Crippen molar-refractivity contribution in [3.8, 4) is 0 Å². The van der Waals surface area contributed by atoms with Crippen LogP contribution in [0, 0.1) is 13.8 Å². The highest BCUT2D eigenvalue weighted by atomic mass is 35.5. The van der Waals surface area contributed by atoms with Crippen LogP contribution in [0.25, 0.3) is 0 Å². The van der Waals surface area contributed by atoms with Gasteiger partial charge in [-0.3, -0.25) is 0 Å². The van der Waals surface area contributed by atoms with E-state index < -0.39 is 0 Å². The molecule has 65 valence electrons. The Kier molecular flexibility index (Phi) is 5.81. The molecule has 4 heteroatoms. The topological polar surface area (TPSA) is 40.5 Å². The average molecular weight is 185 g/mol. The highest BCUT2D eigenvalue weighted by Gasteiger charge is 1.89. The highest BCUT2D eigenvalue weighted by molar-refractivity contribution is 6.30. The summed E-state index contributed by atoms with van der Waals surface area (Å²) in [6, 6.07) is 6.01. The molecule has 1 aromatic carbocycles. The molecule has 0 saturated heterocycles. The van der Waals surface area contributed by atoms with Gasteiger partial charge in [0.1, 0.15) is 0 Å². The van der Waals surface area contributed by atoms with Crippen molar-refractivity contribution < 1.29 is 10.0 Å². The molecule has 1 aromatic rings. The van der Waals surface area contributed by atoms with E-state index in [0.29, 0.717) is 0 Å². The predicted molar refractivity (Wildman–Crippen MR) is 51.1 cm³/mol. The fourth-order valence-electron chi connectivity index (χ4n) is 0.919. The lowest BCUT2D eigenvalue weighted by molar-refractivity contribution is 0.448. The molecular formula is C8H11BClO2. The fraction of sp³-hybridized carbons (Fsp3) is 0.250. The lowest BCUT2D eigenvalue weighted by Crippen LogP contribution is -1.75. The molecule has 0 fully saturated rings. The summed E-state index contributed by atoms with van der Waals surface area (Å²) >= 11 is 5.75. The maximum absolute atomic E-state index is 7.00. The highest BCUT2D eigenvalue weighted by Crippen LogP contribution is 2.12. The number of aryl methyl sites for hydroxylation is 2. The zero-order valence-electron chi connectivity index (χ0n) is 7.08. The van der Waals surface area contributed by atoms with Gasteiger partial charge < -0.3 is 10.0 Å². The molecule has 1 radical (unpaired) electrons. The van der Waals surface area contributed by atoms with Crippen LogP contribution in [0.15, 0.2) is 18.2 Å². The van der Waals surface area contributed by atoms with Crippen molar-refractivity contribution >= 4 is 19.3 Å². The van der Waals surface area contributed by atoms with E-state index >= 15 is 0 Å². The first-order valence-corrected chi connectivity index (χ1v) is 3.82. The normalized spacial score (nSPS) is 8.42. The van der Waals surface area contributed by atoms with E-state index in [1.165, 1.54) is 11.1 Å². The molecule has 2 N–H and O–H groups in total. The molecule has 0 spiro atoms. The van der Waals surface area contributed by atoms with E-state index in [1.807, 2.05) is 26.0 Å². The van der Waals surface area contributed by atoms with Gasteiger partial charge in [0.05, 0.1) is 0 Å². The van der Waals surface area contributed by atoms with E-state index in [9.17, 15) is 0 Å². The maximum atomic E-state index is 7.00. The minimum absolute atomic E-state index is 0. The molecule has 0 amide bonds. The second-order valence-electron chi connectivity index (χ2n) is 2.42. The summed E-state index contributed by atoms with van der Waals surface area (Å²) in [5.74, 6) is 0. The van der Waals surface area contributed by atoms with Crippen molar-refractivity contribution in [2.75, 3.05) is 0 Å². The van der Waals surface area contributed by atoms with E-state index in [2.05, 4.69) is 6.07 Å². The number of hydrogen-bond acceptors (Lipinski definition) is 2. The molecular weight excluding hydrogens is 174 g/mol. The van der Waals surface area contributed by atoms with Gasteiger partial charge in [-0.1, -0.05) is 17.7 Å². The molecule has 0 unspecified atom stereocenters. The van der Waals surface area contributed by atoms with Gasteiger partial charge in [0.25, 0.3) is 0 Å². The third kappa shape index (κ3) is 5.19. The van der Waals surface area contributed by atoms with Crippen LogP contribution >= 0.6 is 11.6 Å². The van der Waals surface area contributed by atoms with Crippen LogP contribution in [0.4, 0.5) is 0 Å². The van der Waals surface area contributed by atoms with E-state index in [4.69, 9.17) is 21.6 Å². The lowest BCUT2D eigenvalue weighted by Gasteiger charge is -1.95. The van der Waals surface area contributed by atoms with Crippen LogP contribution < -0.4 is 0 Å². The van der Waals surface area contributed by atoms with Crippen molar-refractivity contribution in [2.24, 2.45) is 0 Å². The number of hydrogen-bond donors (Lipinski definition) is 2. The fourth-order valence-corrected chi connectivity index (χ4v) is 1.26. The Balaban J connectivity index is 0.000000354. The summed E-state index contributed by atoms with van der Waals surface area (Å²) in [4.78, 5) is 0. The van der Waals surface area contributed by atoms with Crippen molar-refractivity contribution in [1.29, 1.82) is 0 Å². The summed E-state index contributed by atoms with van der Waals surface area (Å²) in [5, 5.41) is 14.8. The molecule has 1 rings (SSSR count). The largest absolute Gasteiger partial charge is 0.482 e. The summed E-state index contributed by atoms with van der Waals surface area (Å²) in [6.45, 7) is 4.08. The van der Waals surface area contributed by atoms with Crippen molar-refractivity contribution in [2.45, 2.75) is 13.8 Å². The zero-order valence-corrected chi connectivity index (χ0v) is 7.84. The SMILES string of the molecule is Cc1cc(C)cc(Cl)c1.O[B]O. The van der Waals surface area contributed by atoms with Gasteiger partial charge in [0.2, 0.25) is 0 Å². The maximum Gasteiger partial charge on any atom is 0.482 e. The Morgan fingerprint density at radius 1 is 1.08 bits per heavy atom. The molecule has 0 aliphatic carbocycles. The average Bonchev–Trinajstić information content (AvgIpc) is 1.84. The molecule has 0 atom stereocenters. The third-order valence-electron chi connectivity index (χ3n) is 1.19. The van der Waals surface area contributed by atoms with Gasteiger partial charge in [0.15, 0.2) is 0 Å². The van der Waals surface area contributed by atoms with Crippen molar-refractivity contribution in [3.63, 3.8) is 0 Å². The van der Waals surface area contributed by atoms with Gasteiger partial charge in [-0.2, -0.15) is 0 Å². The molecule has 0 heterocycles. The van der Waals surface area contributed by atoms with Crippen LogP contribution in [0.1, 0.15) is 11.1 Å². The Morgan fingerprint density at radius 2 is 1.42 bits per heavy atom. The monoisotopic (exact) mass is 185 g/mol. The van der Waals surface area contributed by atoms with Crippen molar-refractivity contribution in [1.82, 2.24) is 0 Å². The van der Waals surface area contributed by atoms with Gasteiger partial charge in [-0.25, -0.2) is 0 Å².